The van der Waals surface area contributed by atoms with Crippen molar-refractivity contribution in [2.45, 2.75) is 26.9 Å². The molecule has 1 aromatic carbocycles. The maximum atomic E-state index is 14.6. The zero-order valence-electron chi connectivity index (χ0n) is 15.0. The Hall–Kier alpha value is -2.64. The highest BCUT2D eigenvalue weighted by molar-refractivity contribution is 5.93. The van der Waals surface area contributed by atoms with Gasteiger partial charge in [0.25, 0.3) is 0 Å². The number of Topliss-reactive ketones (excluding diaryl/α,β-unsaturated/α-hetero) is 1. The second-order valence-corrected chi connectivity index (χ2v) is 7.35. The van der Waals surface area contributed by atoms with Gasteiger partial charge in [-0.3, -0.25) is 14.5 Å². The zero-order valence-corrected chi connectivity index (χ0v) is 15.0. The Labute approximate surface area is 151 Å². The van der Waals surface area contributed by atoms with Gasteiger partial charge < -0.3 is 15.0 Å². The van der Waals surface area contributed by atoms with Gasteiger partial charge in [0, 0.05) is 18.9 Å². The van der Waals surface area contributed by atoms with Gasteiger partial charge >= 0.3 is 6.09 Å². The molecule has 2 aliphatic heterocycles. The fraction of sp³-hybridized carbons (Fsp3) is 0.500. The fourth-order valence-corrected chi connectivity index (χ4v) is 3.20. The Morgan fingerprint density at radius 2 is 2.12 bits per heavy atom. The number of nitrogens with zero attached hydrogens (tertiary/aromatic N) is 2. The lowest BCUT2D eigenvalue weighted by molar-refractivity contribution is -0.122. The molecule has 140 valence electrons. The third kappa shape index (κ3) is 3.49. The van der Waals surface area contributed by atoms with E-state index >= 15 is 0 Å². The topological polar surface area (TPSA) is 79.0 Å². The van der Waals surface area contributed by atoms with E-state index < -0.39 is 23.4 Å². The van der Waals surface area contributed by atoms with Crippen molar-refractivity contribution in [1.82, 2.24) is 5.32 Å². The number of carbonyl (C=O) groups is 3. The molecule has 2 saturated heterocycles. The van der Waals surface area contributed by atoms with Crippen LogP contribution in [0.4, 0.5) is 20.6 Å². The molecule has 7 nitrogen and oxygen atoms in total. The summed E-state index contributed by atoms with van der Waals surface area (Å²) in [7, 11) is 0. The lowest BCUT2D eigenvalue weighted by atomic mass is 9.92. The van der Waals surface area contributed by atoms with Crippen LogP contribution in [-0.2, 0) is 14.3 Å². The quantitative estimate of drug-likeness (QED) is 0.881. The number of cyclic esters (lactones) is 1. The first-order valence-electron chi connectivity index (χ1n) is 8.48. The molecule has 0 radical (unpaired) electrons. The highest BCUT2D eigenvalue weighted by atomic mass is 19.1. The first-order valence-corrected chi connectivity index (χ1v) is 8.48. The van der Waals surface area contributed by atoms with Crippen LogP contribution in [0.3, 0.4) is 0 Å². The minimum absolute atomic E-state index is 0.0740. The molecular formula is C18H22FN3O4. The van der Waals surface area contributed by atoms with Gasteiger partial charge in [-0.2, -0.15) is 0 Å². The van der Waals surface area contributed by atoms with Crippen LogP contribution in [-0.4, -0.2) is 50.1 Å². The van der Waals surface area contributed by atoms with Crippen LogP contribution in [0, 0.1) is 11.2 Å². The van der Waals surface area contributed by atoms with Crippen molar-refractivity contribution in [2.24, 2.45) is 5.41 Å². The molecule has 1 atom stereocenters. The van der Waals surface area contributed by atoms with Crippen LogP contribution in [0.25, 0.3) is 0 Å². The van der Waals surface area contributed by atoms with E-state index in [9.17, 15) is 18.8 Å². The summed E-state index contributed by atoms with van der Waals surface area (Å²) < 4.78 is 19.8. The first kappa shape index (κ1) is 18.2. The molecule has 2 aliphatic rings. The number of rotatable bonds is 4. The summed E-state index contributed by atoms with van der Waals surface area (Å²) in [4.78, 5) is 38.0. The summed E-state index contributed by atoms with van der Waals surface area (Å²) >= 11 is 0. The fourth-order valence-electron chi connectivity index (χ4n) is 3.20. The number of halogens is 1. The lowest BCUT2D eigenvalue weighted by Gasteiger charge is -2.22. The van der Waals surface area contributed by atoms with Crippen LogP contribution < -0.4 is 15.1 Å². The van der Waals surface area contributed by atoms with Crippen LogP contribution in [0.2, 0.25) is 0 Å². The number of ketones is 1. The van der Waals surface area contributed by atoms with Gasteiger partial charge in [-0.25, -0.2) is 9.18 Å². The third-order valence-corrected chi connectivity index (χ3v) is 4.71. The second-order valence-electron chi connectivity index (χ2n) is 7.35. The van der Waals surface area contributed by atoms with Crippen molar-refractivity contribution in [2.75, 3.05) is 36.0 Å². The molecule has 0 spiro atoms. The highest BCUT2D eigenvalue weighted by Gasteiger charge is 2.39. The molecule has 0 saturated carbocycles. The van der Waals surface area contributed by atoms with Crippen molar-refractivity contribution in [3.63, 3.8) is 0 Å². The molecule has 1 aromatic rings. The molecule has 2 amide bonds. The predicted molar refractivity (Wildman–Crippen MR) is 93.7 cm³/mol. The molecule has 26 heavy (non-hydrogen) atoms. The number of hydrogen-bond donors (Lipinski definition) is 1. The molecule has 0 aliphatic carbocycles. The van der Waals surface area contributed by atoms with Gasteiger partial charge in [-0.05, 0) is 18.2 Å². The van der Waals surface area contributed by atoms with Gasteiger partial charge in [0.05, 0.1) is 31.0 Å². The number of ether oxygens (including phenoxy) is 1. The third-order valence-electron chi connectivity index (χ3n) is 4.71. The number of hydrogen-bond acceptors (Lipinski definition) is 5. The Kier molecular flexibility index (Phi) is 4.60. The van der Waals surface area contributed by atoms with Gasteiger partial charge in [0.15, 0.2) is 5.78 Å². The molecule has 0 bridgehead atoms. The van der Waals surface area contributed by atoms with Gasteiger partial charge in [0.2, 0.25) is 5.91 Å². The summed E-state index contributed by atoms with van der Waals surface area (Å²) in [6.07, 6.45) is -1.06. The van der Waals surface area contributed by atoms with Crippen LogP contribution in [0.1, 0.15) is 20.8 Å². The van der Waals surface area contributed by atoms with Crippen LogP contribution in [0.5, 0.6) is 0 Å². The molecule has 0 aromatic heterocycles. The van der Waals surface area contributed by atoms with Gasteiger partial charge in [0.1, 0.15) is 11.9 Å². The van der Waals surface area contributed by atoms with E-state index in [1.165, 1.54) is 17.9 Å². The van der Waals surface area contributed by atoms with E-state index in [1.54, 1.807) is 17.0 Å². The molecule has 1 N–H and O–H groups in total. The summed E-state index contributed by atoms with van der Waals surface area (Å²) in [6.45, 7) is 6.14. The summed E-state index contributed by atoms with van der Waals surface area (Å²) in [5.74, 6) is -0.631. The number of carbonyl (C=O) groups excluding carboxylic acids is 3. The Bertz CT molecular complexity index is 765. The van der Waals surface area contributed by atoms with Gasteiger partial charge in [-0.15, -0.1) is 0 Å². The molecule has 1 unspecified atom stereocenters. The molecular weight excluding hydrogens is 341 g/mol. The zero-order chi connectivity index (χ0) is 19.1. The summed E-state index contributed by atoms with van der Waals surface area (Å²) in [5.41, 5.74) is 0.224. The minimum atomic E-state index is -0.579. The lowest BCUT2D eigenvalue weighted by Crippen LogP contribution is -2.33. The highest BCUT2D eigenvalue weighted by Crippen LogP contribution is 2.33. The van der Waals surface area contributed by atoms with Crippen LogP contribution >= 0.6 is 0 Å². The Morgan fingerprint density at radius 1 is 1.38 bits per heavy atom. The predicted octanol–water partition coefficient (Wildman–Crippen LogP) is 1.70. The van der Waals surface area contributed by atoms with Crippen molar-refractivity contribution in [3.8, 4) is 0 Å². The normalized spacial score (nSPS) is 21.9. The van der Waals surface area contributed by atoms with Crippen molar-refractivity contribution in [3.05, 3.63) is 24.0 Å². The number of anilines is 2. The van der Waals surface area contributed by atoms with Crippen molar-refractivity contribution in [1.29, 1.82) is 0 Å². The van der Waals surface area contributed by atoms with E-state index in [1.807, 2.05) is 13.8 Å². The molecule has 2 heterocycles. The van der Waals surface area contributed by atoms with E-state index in [4.69, 9.17) is 4.74 Å². The number of nitrogens with one attached hydrogen (secondary N) is 1. The van der Waals surface area contributed by atoms with E-state index in [0.29, 0.717) is 17.9 Å². The van der Waals surface area contributed by atoms with Crippen LogP contribution in [0.15, 0.2) is 18.2 Å². The van der Waals surface area contributed by atoms with Crippen molar-refractivity contribution >= 4 is 29.2 Å². The minimum Gasteiger partial charge on any atom is -0.442 e. The summed E-state index contributed by atoms with van der Waals surface area (Å²) in [5, 5.41) is 2.59. The average molecular weight is 363 g/mol. The number of benzene rings is 1. The van der Waals surface area contributed by atoms with E-state index in [-0.39, 0.29) is 31.3 Å². The molecule has 3 rings (SSSR count). The van der Waals surface area contributed by atoms with E-state index in [2.05, 4.69) is 5.32 Å². The molecule has 8 heteroatoms. The smallest absolute Gasteiger partial charge is 0.414 e. The first-order chi connectivity index (χ1) is 12.2. The second kappa shape index (κ2) is 6.59. The SMILES string of the molecule is CC(=O)NCC1CN(c2ccc(N3CC(=O)C(C)(C)C3)c(F)c2)C(=O)O1. The number of amides is 2. The standard InChI is InChI=1S/C18H22FN3O4/c1-11(23)20-7-13-8-22(17(25)26-13)12-4-5-15(14(19)6-12)21-9-16(24)18(2,3)10-21/h4-6,13H,7-10H2,1-3H3,(H,20,23). The average Bonchev–Trinajstić information content (AvgIpc) is 3.05. The summed E-state index contributed by atoms with van der Waals surface area (Å²) in [6, 6.07) is 4.48. The Balaban J connectivity index is 1.73. The largest absolute Gasteiger partial charge is 0.442 e. The Morgan fingerprint density at radius 3 is 2.69 bits per heavy atom. The monoisotopic (exact) mass is 363 g/mol. The van der Waals surface area contributed by atoms with Gasteiger partial charge in [-0.1, -0.05) is 13.8 Å². The molecule has 2 fully saturated rings. The maximum Gasteiger partial charge on any atom is 0.414 e. The maximum absolute atomic E-state index is 14.6. The van der Waals surface area contributed by atoms with Crippen molar-refractivity contribution < 1.29 is 23.5 Å². The van der Waals surface area contributed by atoms with E-state index in [0.717, 1.165) is 0 Å².